The Hall–Kier alpha value is -2.68. The van der Waals surface area contributed by atoms with Gasteiger partial charge in [0.15, 0.2) is 0 Å². The number of pyridine rings is 1. The molecule has 4 rings (SSSR count). The van der Waals surface area contributed by atoms with Crippen molar-refractivity contribution in [3.05, 3.63) is 23.9 Å². The van der Waals surface area contributed by atoms with E-state index in [4.69, 9.17) is 0 Å². The molecule has 9 heteroatoms. The maximum atomic E-state index is 13.0. The van der Waals surface area contributed by atoms with Crippen molar-refractivity contribution in [2.45, 2.75) is 37.9 Å². The summed E-state index contributed by atoms with van der Waals surface area (Å²) in [6, 6.07) is 2.94. The molecule has 2 fully saturated rings. The molecule has 29 heavy (non-hydrogen) atoms. The fourth-order valence-corrected chi connectivity index (χ4v) is 4.34. The van der Waals surface area contributed by atoms with E-state index in [1.807, 2.05) is 11.9 Å². The van der Waals surface area contributed by atoms with Crippen LogP contribution in [0.5, 0.6) is 0 Å². The van der Waals surface area contributed by atoms with Gasteiger partial charge in [-0.2, -0.15) is 0 Å². The van der Waals surface area contributed by atoms with Gasteiger partial charge in [-0.1, -0.05) is 0 Å². The highest BCUT2D eigenvalue weighted by Crippen LogP contribution is 2.31. The number of likely N-dealkylation sites (N-methyl/N-ethyl adjacent to an activating group) is 1. The fraction of sp³-hybridized carbons (Fsp3) is 0.600. The largest absolute Gasteiger partial charge is 0.347 e. The van der Waals surface area contributed by atoms with Crippen molar-refractivity contribution in [1.29, 1.82) is 0 Å². The Balaban J connectivity index is 1.47. The zero-order valence-corrected chi connectivity index (χ0v) is 17.0. The van der Waals surface area contributed by atoms with Crippen LogP contribution in [-0.4, -0.2) is 88.9 Å². The van der Waals surface area contributed by atoms with Crippen LogP contribution in [0.15, 0.2) is 18.3 Å². The van der Waals surface area contributed by atoms with Crippen LogP contribution >= 0.6 is 0 Å². The normalized spacial score (nSPS) is 26.4. The van der Waals surface area contributed by atoms with Crippen molar-refractivity contribution in [1.82, 2.24) is 25.0 Å². The number of amides is 3. The molecule has 0 bridgehead atoms. The van der Waals surface area contributed by atoms with Crippen molar-refractivity contribution < 1.29 is 14.4 Å². The fourth-order valence-electron chi connectivity index (χ4n) is 4.34. The molecule has 2 N–H and O–H groups in total. The van der Waals surface area contributed by atoms with E-state index in [1.54, 1.807) is 30.2 Å². The summed E-state index contributed by atoms with van der Waals surface area (Å²) in [5.74, 6) is 0.294. The number of anilines is 1. The summed E-state index contributed by atoms with van der Waals surface area (Å²) >= 11 is 0. The van der Waals surface area contributed by atoms with Crippen LogP contribution in [0, 0.1) is 0 Å². The Bertz CT molecular complexity index is 822. The molecule has 0 saturated carbocycles. The molecule has 1 aromatic rings. The number of fused-ring (bicyclic) bond motifs is 1. The van der Waals surface area contributed by atoms with Gasteiger partial charge in [0.25, 0.3) is 5.91 Å². The van der Waals surface area contributed by atoms with Gasteiger partial charge in [-0.15, -0.1) is 0 Å². The number of hydrogen-bond donors (Lipinski definition) is 2. The summed E-state index contributed by atoms with van der Waals surface area (Å²) in [5, 5.41) is 6.37. The van der Waals surface area contributed by atoms with E-state index in [0.29, 0.717) is 43.9 Å². The monoisotopic (exact) mass is 400 g/mol. The van der Waals surface area contributed by atoms with Gasteiger partial charge in [0.05, 0.1) is 5.56 Å². The third kappa shape index (κ3) is 3.78. The van der Waals surface area contributed by atoms with Crippen LogP contribution in [0.1, 0.15) is 36.5 Å². The zero-order valence-electron chi connectivity index (χ0n) is 17.0. The van der Waals surface area contributed by atoms with E-state index in [0.717, 1.165) is 13.1 Å². The minimum Gasteiger partial charge on any atom is -0.347 e. The van der Waals surface area contributed by atoms with Gasteiger partial charge in [-0.3, -0.25) is 14.4 Å². The van der Waals surface area contributed by atoms with Crippen molar-refractivity contribution in [2.75, 3.05) is 45.1 Å². The Morgan fingerprint density at radius 2 is 1.90 bits per heavy atom. The summed E-state index contributed by atoms with van der Waals surface area (Å²) in [4.78, 5) is 48.3. The molecule has 2 saturated heterocycles. The molecule has 3 aliphatic rings. The molecule has 2 unspecified atom stereocenters. The summed E-state index contributed by atoms with van der Waals surface area (Å²) in [7, 11) is 2.04. The van der Waals surface area contributed by atoms with Crippen LogP contribution in [0.25, 0.3) is 0 Å². The average molecular weight is 400 g/mol. The van der Waals surface area contributed by atoms with Crippen LogP contribution in [0.2, 0.25) is 0 Å². The summed E-state index contributed by atoms with van der Waals surface area (Å²) in [5.41, 5.74) is -0.219. The molecule has 3 aliphatic heterocycles. The molecule has 9 nitrogen and oxygen atoms in total. The number of nitrogens with zero attached hydrogens (tertiary/aromatic N) is 4. The van der Waals surface area contributed by atoms with Crippen molar-refractivity contribution >= 4 is 23.5 Å². The molecular weight excluding hydrogens is 372 g/mol. The molecule has 156 valence electrons. The van der Waals surface area contributed by atoms with Gasteiger partial charge in [0.2, 0.25) is 11.8 Å². The van der Waals surface area contributed by atoms with Gasteiger partial charge in [0.1, 0.15) is 17.5 Å². The first-order valence-electron chi connectivity index (χ1n) is 10.2. The first kappa shape index (κ1) is 19.6. The second-order valence-electron chi connectivity index (χ2n) is 8.20. The first-order valence-corrected chi connectivity index (χ1v) is 10.2. The van der Waals surface area contributed by atoms with Gasteiger partial charge < -0.3 is 25.3 Å². The van der Waals surface area contributed by atoms with Crippen molar-refractivity contribution in [3.63, 3.8) is 0 Å². The van der Waals surface area contributed by atoms with E-state index in [-0.39, 0.29) is 24.1 Å². The molecule has 0 aromatic carbocycles. The lowest BCUT2D eigenvalue weighted by Gasteiger charge is -2.39. The molecule has 0 aliphatic carbocycles. The maximum absolute atomic E-state index is 13.0. The van der Waals surface area contributed by atoms with E-state index in [9.17, 15) is 14.4 Å². The summed E-state index contributed by atoms with van der Waals surface area (Å²) in [6.45, 7) is 5.27. The number of nitrogens with one attached hydrogen (secondary N) is 2. The zero-order chi connectivity index (χ0) is 20.6. The van der Waals surface area contributed by atoms with E-state index >= 15 is 0 Å². The number of carbonyl (C=O) groups excluding carboxylic acids is 3. The topological polar surface area (TPSA) is 97.9 Å². The molecule has 0 radical (unpaired) electrons. The number of rotatable bonds is 2. The van der Waals surface area contributed by atoms with E-state index in [1.165, 1.54) is 0 Å². The molecule has 1 aromatic heterocycles. The van der Waals surface area contributed by atoms with Crippen molar-refractivity contribution in [3.8, 4) is 0 Å². The Morgan fingerprint density at radius 1 is 1.14 bits per heavy atom. The second kappa shape index (κ2) is 7.62. The summed E-state index contributed by atoms with van der Waals surface area (Å²) in [6.07, 6.45) is 2.87. The minimum absolute atomic E-state index is 0.00458. The predicted octanol–water partition coefficient (Wildman–Crippen LogP) is 0.108. The van der Waals surface area contributed by atoms with Gasteiger partial charge in [0, 0.05) is 51.8 Å². The Morgan fingerprint density at radius 3 is 2.66 bits per heavy atom. The van der Waals surface area contributed by atoms with Crippen LogP contribution in [0.3, 0.4) is 0 Å². The third-order valence-electron chi connectivity index (χ3n) is 6.27. The number of piperazine rings is 1. The lowest BCUT2D eigenvalue weighted by Crippen LogP contribution is -2.58. The quantitative estimate of drug-likeness (QED) is 0.731. The molecule has 3 amide bonds. The number of carbonyl (C=O) groups is 3. The van der Waals surface area contributed by atoms with E-state index in [2.05, 4.69) is 20.5 Å². The highest BCUT2D eigenvalue weighted by atomic mass is 16.2. The minimum atomic E-state index is -0.723. The lowest BCUT2D eigenvalue weighted by atomic mass is 9.97. The van der Waals surface area contributed by atoms with Crippen LogP contribution in [0.4, 0.5) is 5.82 Å². The third-order valence-corrected chi connectivity index (χ3v) is 6.27. The Labute approximate surface area is 170 Å². The first-order chi connectivity index (χ1) is 13.9. The second-order valence-corrected chi connectivity index (χ2v) is 8.20. The number of hydrogen-bond acceptors (Lipinski definition) is 6. The predicted molar refractivity (Wildman–Crippen MR) is 107 cm³/mol. The molecular formula is C20H28N6O3. The van der Waals surface area contributed by atoms with Crippen molar-refractivity contribution in [2.24, 2.45) is 0 Å². The lowest BCUT2D eigenvalue weighted by molar-refractivity contribution is -0.145. The Kier molecular flexibility index (Phi) is 5.16. The summed E-state index contributed by atoms with van der Waals surface area (Å²) < 4.78 is 0. The number of aromatic nitrogens is 1. The van der Waals surface area contributed by atoms with Gasteiger partial charge in [-0.05, 0) is 32.5 Å². The average Bonchev–Trinajstić information content (AvgIpc) is 2.87. The van der Waals surface area contributed by atoms with Crippen LogP contribution < -0.4 is 10.6 Å². The van der Waals surface area contributed by atoms with Gasteiger partial charge in [-0.25, -0.2) is 4.98 Å². The standard InChI is InChI=1S/C20H28N6O3/c1-14(19(29)25-12-10-24(2)11-13-25)26-9-7-20(6-5-16(26)27)22-17-15(18(28)23-20)4-3-8-21-17/h3-4,8,14H,5-7,9-13H2,1-2H3,(H,21,22)(H,23,28). The molecule has 1 spiro atoms. The molecule has 2 atom stereocenters. The van der Waals surface area contributed by atoms with Crippen LogP contribution in [-0.2, 0) is 9.59 Å². The maximum Gasteiger partial charge on any atom is 0.256 e. The smallest absolute Gasteiger partial charge is 0.256 e. The SMILES string of the molecule is CC(C(=O)N1CCN(C)CC1)N1CCC2(CCC1=O)NC(=O)c1cccnc1N2. The molecule has 4 heterocycles. The highest BCUT2D eigenvalue weighted by Gasteiger charge is 2.42. The highest BCUT2D eigenvalue weighted by molar-refractivity contribution is 6.01. The van der Waals surface area contributed by atoms with Gasteiger partial charge >= 0.3 is 0 Å². The van der Waals surface area contributed by atoms with E-state index < -0.39 is 11.7 Å². The number of likely N-dealkylation sites (tertiary alicyclic amines) is 1.